The molecule has 0 fully saturated rings. The SMILES string of the molecule is NC(=O)c1cnc(Nc2cnccn2)cc1NCc1ccccc1. The molecular formula is C17H16N6O. The molecule has 0 spiro atoms. The first-order valence-corrected chi connectivity index (χ1v) is 7.33. The zero-order chi connectivity index (χ0) is 16.8. The molecule has 24 heavy (non-hydrogen) atoms. The van der Waals surface area contributed by atoms with Crippen LogP contribution in [0.15, 0.2) is 61.2 Å². The van der Waals surface area contributed by atoms with Gasteiger partial charge in [0, 0.05) is 31.2 Å². The number of nitrogens with two attached hydrogens (primary N) is 1. The Hall–Kier alpha value is -3.48. The van der Waals surface area contributed by atoms with Gasteiger partial charge in [0.05, 0.1) is 17.4 Å². The number of aromatic nitrogens is 3. The van der Waals surface area contributed by atoms with Gasteiger partial charge in [0.2, 0.25) is 0 Å². The molecular weight excluding hydrogens is 304 g/mol. The van der Waals surface area contributed by atoms with Gasteiger partial charge in [-0.3, -0.25) is 9.78 Å². The van der Waals surface area contributed by atoms with Crippen molar-refractivity contribution in [1.29, 1.82) is 0 Å². The van der Waals surface area contributed by atoms with Crippen LogP contribution < -0.4 is 16.4 Å². The van der Waals surface area contributed by atoms with Crippen LogP contribution in [0.5, 0.6) is 0 Å². The summed E-state index contributed by atoms with van der Waals surface area (Å²) in [4.78, 5) is 23.9. The Bertz CT molecular complexity index is 823. The molecule has 4 N–H and O–H groups in total. The van der Waals surface area contributed by atoms with Crippen LogP contribution in [-0.4, -0.2) is 20.9 Å². The van der Waals surface area contributed by atoms with Gasteiger partial charge in [-0.05, 0) is 5.56 Å². The summed E-state index contributed by atoms with van der Waals surface area (Å²) in [6.07, 6.45) is 6.19. The van der Waals surface area contributed by atoms with Crippen LogP contribution in [0.1, 0.15) is 15.9 Å². The van der Waals surface area contributed by atoms with E-state index in [1.807, 2.05) is 30.3 Å². The maximum atomic E-state index is 11.6. The predicted molar refractivity (Wildman–Crippen MR) is 91.8 cm³/mol. The van der Waals surface area contributed by atoms with E-state index in [0.717, 1.165) is 5.56 Å². The van der Waals surface area contributed by atoms with E-state index in [0.29, 0.717) is 29.4 Å². The van der Waals surface area contributed by atoms with Crippen LogP contribution in [0.4, 0.5) is 17.3 Å². The third-order valence-corrected chi connectivity index (χ3v) is 3.31. The van der Waals surface area contributed by atoms with Crippen molar-refractivity contribution in [2.24, 2.45) is 5.73 Å². The molecule has 0 aliphatic rings. The summed E-state index contributed by atoms with van der Waals surface area (Å²) in [7, 11) is 0. The summed E-state index contributed by atoms with van der Waals surface area (Å²) < 4.78 is 0. The monoisotopic (exact) mass is 320 g/mol. The first-order valence-electron chi connectivity index (χ1n) is 7.33. The number of hydrogen-bond donors (Lipinski definition) is 3. The van der Waals surface area contributed by atoms with Crippen molar-refractivity contribution in [2.45, 2.75) is 6.54 Å². The van der Waals surface area contributed by atoms with Gasteiger partial charge >= 0.3 is 0 Å². The molecule has 0 aliphatic carbocycles. The Morgan fingerprint density at radius 1 is 1.04 bits per heavy atom. The second kappa shape index (κ2) is 7.19. The van der Waals surface area contributed by atoms with E-state index >= 15 is 0 Å². The molecule has 3 rings (SSSR count). The maximum Gasteiger partial charge on any atom is 0.252 e. The van der Waals surface area contributed by atoms with Gasteiger partial charge in [-0.2, -0.15) is 0 Å². The number of hydrogen-bond acceptors (Lipinski definition) is 6. The molecule has 1 aromatic carbocycles. The lowest BCUT2D eigenvalue weighted by Gasteiger charge is -2.12. The van der Waals surface area contributed by atoms with E-state index in [2.05, 4.69) is 25.6 Å². The van der Waals surface area contributed by atoms with E-state index in [9.17, 15) is 4.79 Å². The van der Waals surface area contributed by atoms with Crippen molar-refractivity contribution in [3.8, 4) is 0 Å². The summed E-state index contributed by atoms with van der Waals surface area (Å²) >= 11 is 0. The van der Waals surface area contributed by atoms with Gasteiger partial charge in [0.1, 0.15) is 11.6 Å². The number of benzene rings is 1. The second-order valence-corrected chi connectivity index (χ2v) is 5.03. The number of rotatable bonds is 6. The lowest BCUT2D eigenvalue weighted by molar-refractivity contribution is 0.100. The number of nitrogens with zero attached hydrogens (tertiary/aromatic N) is 3. The molecule has 0 atom stereocenters. The van der Waals surface area contributed by atoms with Crippen LogP contribution >= 0.6 is 0 Å². The number of carbonyl (C=O) groups excluding carboxylic acids is 1. The fourth-order valence-electron chi connectivity index (χ4n) is 2.15. The van der Waals surface area contributed by atoms with E-state index in [1.54, 1.807) is 24.7 Å². The first-order chi connectivity index (χ1) is 11.7. The Kier molecular flexibility index (Phi) is 4.62. The van der Waals surface area contributed by atoms with E-state index in [1.165, 1.54) is 6.20 Å². The van der Waals surface area contributed by atoms with Crippen molar-refractivity contribution in [2.75, 3.05) is 10.6 Å². The predicted octanol–water partition coefficient (Wildman–Crippen LogP) is 2.33. The number of pyridine rings is 1. The van der Waals surface area contributed by atoms with Gasteiger partial charge in [-0.1, -0.05) is 30.3 Å². The normalized spacial score (nSPS) is 10.2. The Balaban J connectivity index is 1.82. The molecule has 0 unspecified atom stereocenters. The number of nitrogens with one attached hydrogen (secondary N) is 2. The topological polar surface area (TPSA) is 106 Å². The largest absolute Gasteiger partial charge is 0.380 e. The highest BCUT2D eigenvalue weighted by molar-refractivity contribution is 5.98. The summed E-state index contributed by atoms with van der Waals surface area (Å²) in [5, 5.41) is 6.25. The quantitative estimate of drug-likeness (QED) is 0.643. The second-order valence-electron chi connectivity index (χ2n) is 5.03. The smallest absolute Gasteiger partial charge is 0.252 e. The molecule has 0 radical (unpaired) electrons. The third kappa shape index (κ3) is 3.83. The van der Waals surface area contributed by atoms with Gasteiger partial charge in [0.25, 0.3) is 5.91 Å². The van der Waals surface area contributed by atoms with E-state index < -0.39 is 5.91 Å². The molecule has 3 aromatic rings. The fourth-order valence-corrected chi connectivity index (χ4v) is 2.15. The van der Waals surface area contributed by atoms with E-state index in [-0.39, 0.29) is 0 Å². The van der Waals surface area contributed by atoms with Crippen molar-refractivity contribution in [3.63, 3.8) is 0 Å². The molecule has 0 saturated carbocycles. The molecule has 120 valence electrons. The zero-order valence-corrected chi connectivity index (χ0v) is 12.8. The van der Waals surface area contributed by atoms with E-state index in [4.69, 9.17) is 5.73 Å². The average Bonchev–Trinajstić information content (AvgIpc) is 2.61. The van der Waals surface area contributed by atoms with Crippen LogP contribution in [0.25, 0.3) is 0 Å². The van der Waals surface area contributed by atoms with Crippen LogP contribution in [0.3, 0.4) is 0 Å². The van der Waals surface area contributed by atoms with Gasteiger partial charge in [0.15, 0.2) is 0 Å². The lowest BCUT2D eigenvalue weighted by Crippen LogP contribution is -2.15. The summed E-state index contributed by atoms with van der Waals surface area (Å²) in [6.45, 7) is 0.565. The first kappa shape index (κ1) is 15.4. The number of primary amides is 1. The number of carbonyl (C=O) groups is 1. The van der Waals surface area contributed by atoms with Crippen molar-refractivity contribution in [3.05, 3.63) is 72.3 Å². The standard InChI is InChI=1S/C17H16N6O/c18-17(24)13-10-22-15(23-16-11-19-6-7-20-16)8-14(13)21-9-12-4-2-1-3-5-12/h1-8,10-11H,9H2,(H2,18,24)(H2,20,21,22,23). The highest BCUT2D eigenvalue weighted by Gasteiger charge is 2.10. The Labute approximate surface area is 139 Å². The number of amides is 1. The molecule has 0 saturated heterocycles. The molecule has 2 aromatic heterocycles. The molecule has 0 aliphatic heterocycles. The fraction of sp³-hybridized carbons (Fsp3) is 0.0588. The highest BCUT2D eigenvalue weighted by Crippen LogP contribution is 2.21. The maximum absolute atomic E-state index is 11.6. The minimum atomic E-state index is -0.538. The molecule has 1 amide bonds. The van der Waals surface area contributed by atoms with Gasteiger partial charge < -0.3 is 16.4 Å². The number of anilines is 3. The average molecular weight is 320 g/mol. The highest BCUT2D eigenvalue weighted by atomic mass is 16.1. The Morgan fingerprint density at radius 2 is 1.88 bits per heavy atom. The van der Waals surface area contributed by atoms with Crippen LogP contribution in [0, 0.1) is 0 Å². The summed E-state index contributed by atoms with van der Waals surface area (Å²) in [6, 6.07) is 11.6. The molecule has 7 nitrogen and oxygen atoms in total. The van der Waals surface area contributed by atoms with Crippen molar-refractivity contribution < 1.29 is 4.79 Å². The van der Waals surface area contributed by atoms with Crippen molar-refractivity contribution >= 4 is 23.2 Å². The van der Waals surface area contributed by atoms with Gasteiger partial charge in [-0.25, -0.2) is 9.97 Å². The van der Waals surface area contributed by atoms with Crippen molar-refractivity contribution in [1.82, 2.24) is 15.0 Å². The zero-order valence-electron chi connectivity index (χ0n) is 12.8. The van der Waals surface area contributed by atoms with Crippen LogP contribution in [-0.2, 0) is 6.54 Å². The molecule has 0 bridgehead atoms. The van der Waals surface area contributed by atoms with Crippen LogP contribution in [0.2, 0.25) is 0 Å². The molecule has 2 heterocycles. The minimum Gasteiger partial charge on any atom is -0.380 e. The summed E-state index contributed by atoms with van der Waals surface area (Å²) in [5.41, 5.74) is 7.45. The van der Waals surface area contributed by atoms with Gasteiger partial charge in [-0.15, -0.1) is 0 Å². The third-order valence-electron chi connectivity index (χ3n) is 3.31. The summed E-state index contributed by atoms with van der Waals surface area (Å²) in [5.74, 6) is 0.561. The molecule has 7 heteroatoms. The Morgan fingerprint density at radius 3 is 2.58 bits per heavy atom. The minimum absolute atomic E-state index is 0.329. The lowest BCUT2D eigenvalue weighted by atomic mass is 10.2.